The van der Waals surface area contributed by atoms with E-state index in [-0.39, 0.29) is 17.9 Å². The van der Waals surface area contributed by atoms with Gasteiger partial charge >= 0.3 is 0 Å². The van der Waals surface area contributed by atoms with E-state index in [1.54, 1.807) is 6.07 Å². The van der Waals surface area contributed by atoms with Crippen LogP contribution in [0.1, 0.15) is 33.7 Å². The molecule has 2 amide bonds. The molecule has 0 aromatic carbocycles. The van der Waals surface area contributed by atoms with Crippen molar-refractivity contribution in [3.05, 3.63) is 29.8 Å². The molecule has 3 atom stereocenters. The SMILES string of the molecule is O=C(N[C@@H]1C[C@@H]2CCN(C2)C1)c1cc2c(C(=O)N3CCNCC3)coc2cn1. The van der Waals surface area contributed by atoms with E-state index < -0.39 is 0 Å². The summed E-state index contributed by atoms with van der Waals surface area (Å²) in [6.07, 6.45) is 5.27. The maximum atomic E-state index is 12.9. The third-order valence-electron chi connectivity index (χ3n) is 6.13. The lowest BCUT2D eigenvalue weighted by Crippen LogP contribution is -2.47. The second-order valence-corrected chi connectivity index (χ2v) is 8.08. The fraction of sp³-hybridized carbons (Fsp3) is 0.550. The number of amides is 2. The number of hydrogen-bond donors (Lipinski definition) is 2. The van der Waals surface area contributed by atoms with E-state index >= 15 is 0 Å². The molecule has 3 aliphatic heterocycles. The van der Waals surface area contributed by atoms with Gasteiger partial charge in [0.2, 0.25) is 0 Å². The molecule has 148 valence electrons. The van der Waals surface area contributed by atoms with Crippen molar-refractivity contribution < 1.29 is 14.0 Å². The smallest absolute Gasteiger partial charge is 0.270 e. The van der Waals surface area contributed by atoms with Gasteiger partial charge in [0.15, 0.2) is 5.58 Å². The molecule has 3 saturated heterocycles. The van der Waals surface area contributed by atoms with E-state index in [2.05, 4.69) is 20.5 Å². The van der Waals surface area contributed by atoms with Crippen LogP contribution in [0.3, 0.4) is 0 Å². The van der Waals surface area contributed by atoms with Gasteiger partial charge in [-0.05, 0) is 31.4 Å². The Morgan fingerprint density at radius 2 is 2.07 bits per heavy atom. The number of fused-ring (bicyclic) bond motifs is 3. The fourth-order valence-corrected chi connectivity index (χ4v) is 4.68. The summed E-state index contributed by atoms with van der Waals surface area (Å²) < 4.78 is 5.52. The average molecular weight is 383 g/mol. The number of carbonyl (C=O) groups is 2. The van der Waals surface area contributed by atoms with Gasteiger partial charge in [0.05, 0.1) is 11.8 Å². The van der Waals surface area contributed by atoms with Crippen LogP contribution >= 0.6 is 0 Å². The minimum Gasteiger partial charge on any atom is -0.462 e. The zero-order valence-corrected chi connectivity index (χ0v) is 15.8. The van der Waals surface area contributed by atoms with Crippen molar-refractivity contribution in [2.45, 2.75) is 18.9 Å². The van der Waals surface area contributed by atoms with Crippen molar-refractivity contribution in [1.29, 1.82) is 0 Å². The lowest BCUT2D eigenvalue weighted by Gasteiger charge is -2.30. The fourth-order valence-electron chi connectivity index (χ4n) is 4.68. The van der Waals surface area contributed by atoms with Gasteiger partial charge in [-0.1, -0.05) is 0 Å². The maximum Gasteiger partial charge on any atom is 0.270 e. The lowest BCUT2D eigenvalue weighted by atomic mass is 9.97. The van der Waals surface area contributed by atoms with Crippen LogP contribution in [-0.4, -0.2) is 78.5 Å². The first-order valence-corrected chi connectivity index (χ1v) is 10.1. The Morgan fingerprint density at radius 1 is 1.21 bits per heavy atom. The topological polar surface area (TPSA) is 90.7 Å². The number of carbonyl (C=O) groups excluding carboxylic acids is 2. The van der Waals surface area contributed by atoms with Crippen LogP contribution in [0, 0.1) is 5.92 Å². The lowest BCUT2D eigenvalue weighted by molar-refractivity contribution is 0.0736. The second kappa shape index (κ2) is 7.18. The second-order valence-electron chi connectivity index (χ2n) is 8.08. The molecule has 8 nitrogen and oxygen atoms in total. The number of nitrogens with one attached hydrogen (secondary N) is 2. The molecule has 2 N–H and O–H groups in total. The van der Waals surface area contributed by atoms with Crippen LogP contribution in [0.2, 0.25) is 0 Å². The normalized spacial score (nSPS) is 27.1. The van der Waals surface area contributed by atoms with Crippen LogP contribution in [0.15, 0.2) is 22.9 Å². The van der Waals surface area contributed by atoms with Crippen molar-refractivity contribution in [1.82, 2.24) is 25.4 Å². The Morgan fingerprint density at radius 3 is 2.89 bits per heavy atom. The Hall–Kier alpha value is -2.45. The quantitative estimate of drug-likeness (QED) is 0.811. The van der Waals surface area contributed by atoms with Gasteiger partial charge in [-0.2, -0.15) is 0 Å². The molecule has 2 aromatic rings. The molecular formula is C20H25N5O3. The zero-order valence-electron chi connectivity index (χ0n) is 15.8. The van der Waals surface area contributed by atoms with E-state index in [9.17, 15) is 9.59 Å². The summed E-state index contributed by atoms with van der Waals surface area (Å²) in [5.41, 5.74) is 1.35. The summed E-state index contributed by atoms with van der Waals surface area (Å²) in [6.45, 7) is 6.11. The van der Waals surface area contributed by atoms with Gasteiger partial charge in [0.1, 0.15) is 12.0 Å². The molecule has 28 heavy (non-hydrogen) atoms. The molecule has 0 aliphatic carbocycles. The van der Waals surface area contributed by atoms with Gasteiger partial charge < -0.3 is 24.9 Å². The van der Waals surface area contributed by atoms with Crippen LogP contribution in [0.25, 0.3) is 11.0 Å². The number of piperazine rings is 1. The minimum atomic E-state index is -0.184. The number of aromatic nitrogens is 1. The molecule has 8 heteroatoms. The molecule has 2 aromatic heterocycles. The molecule has 1 unspecified atom stereocenters. The highest BCUT2D eigenvalue weighted by Gasteiger charge is 2.33. The Balaban J connectivity index is 1.35. The summed E-state index contributed by atoms with van der Waals surface area (Å²) in [6, 6.07) is 1.85. The van der Waals surface area contributed by atoms with Crippen molar-refractivity contribution >= 4 is 22.8 Å². The van der Waals surface area contributed by atoms with Crippen LogP contribution < -0.4 is 10.6 Å². The molecular weight excluding hydrogens is 358 g/mol. The monoisotopic (exact) mass is 383 g/mol. The number of piperidine rings is 1. The standard InChI is InChI=1S/C20H25N5O3/c26-19(23-14-7-13-1-4-24(10-13)11-14)17-8-15-16(12-28-18(15)9-22-17)20(27)25-5-2-21-3-6-25/h8-9,12-14,21H,1-7,10-11H2,(H,23,26)/t13-,14+/m0/s1. The molecule has 0 saturated carbocycles. The van der Waals surface area contributed by atoms with E-state index in [4.69, 9.17) is 4.42 Å². The van der Waals surface area contributed by atoms with Crippen molar-refractivity contribution in [3.63, 3.8) is 0 Å². The molecule has 3 aliphatic rings. The van der Waals surface area contributed by atoms with Crippen LogP contribution in [0.4, 0.5) is 0 Å². The van der Waals surface area contributed by atoms with Gasteiger partial charge in [-0.15, -0.1) is 0 Å². The molecule has 5 rings (SSSR count). The van der Waals surface area contributed by atoms with E-state index in [0.29, 0.717) is 41.2 Å². The zero-order chi connectivity index (χ0) is 19.1. The number of pyridine rings is 1. The van der Waals surface area contributed by atoms with Gasteiger partial charge in [-0.25, -0.2) is 4.98 Å². The highest BCUT2D eigenvalue weighted by molar-refractivity contribution is 6.07. The van der Waals surface area contributed by atoms with Crippen molar-refractivity contribution in [2.24, 2.45) is 5.92 Å². The summed E-state index contributed by atoms with van der Waals surface area (Å²) in [5, 5.41) is 7.02. The third-order valence-corrected chi connectivity index (χ3v) is 6.13. The predicted molar refractivity (Wildman–Crippen MR) is 103 cm³/mol. The molecule has 3 fully saturated rings. The number of furan rings is 1. The van der Waals surface area contributed by atoms with Crippen LogP contribution in [-0.2, 0) is 0 Å². The summed E-state index contributed by atoms with van der Waals surface area (Å²) in [4.78, 5) is 34.1. The highest BCUT2D eigenvalue weighted by Crippen LogP contribution is 2.27. The first kappa shape index (κ1) is 17.6. The minimum absolute atomic E-state index is 0.0607. The Kier molecular flexibility index (Phi) is 4.52. The average Bonchev–Trinajstić information content (AvgIpc) is 3.30. The number of hydrogen-bond acceptors (Lipinski definition) is 6. The molecule has 2 bridgehead atoms. The highest BCUT2D eigenvalue weighted by atomic mass is 16.3. The summed E-state index contributed by atoms with van der Waals surface area (Å²) in [7, 11) is 0. The Labute approximate surface area is 163 Å². The summed E-state index contributed by atoms with van der Waals surface area (Å²) in [5.74, 6) is 0.442. The first-order valence-electron chi connectivity index (χ1n) is 10.1. The largest absolute Gasteiger partial charge is 0.462 e. The number of rotatable bonds is 3. The first-order chi connectivity index (χ1) is 13.7. The van der Waals surface area contributed by atoms with Crippen LogP contribution in [0.5, 0.6) is 0 Å². The third kappa shape index (κ3) is 3.27. The number of nitrogens with zero attached hydrogens (tertiary/aromatic N) is 3. The van der Waals surface area contributed by atoms with Crippen molar-refractivity contribution in [3.8, 4) is 0 Å². The van der Waals surface area contributed by atoms with E-state index in [1.807, 2.05) is 4.90 Å². The van der Waals surface area contributed by atoms with Gasteiger partial charge in [0, 0.05) is 50.7 Å². The van der Waals surface area contributed by atoms with Crippen molar-refractivity contribution in [2.75, 3.05) is 45.8 Å². The van der Waals surface area contributed by atoms with Gasteiger partial charge in [0.25, 0.3) is 11.8 Å². The van der Waals surface area contributed by atoms with E-state index in [1.165, 1.54) is 18.9 Å². The molecule has 5 heterocycles. The van der Waals surface area contributed by atoms with E-state index in [0.717, 1.165) is 39.1 Å². The Bertz CT molecular complexity index is 892. The summed E-state index contributed by atoms with van der Waals surface area (Å²) >= 11 is 0. The molecule has 0 radical (unpaired) electrons. The predicted octanol–water partition coefficient (Wildman–Crippen LogP) is 0.697. The molecule has 0 spiro atoms. The van der Waals surface area contributed by atoms with Gasteiger partial charge in [-0.3, -0.25) is 9.59 Å². The maximum absolute atomic E-state index is 12.9.